The molecule has 0 bridgehead atoms. The summed E-state index contributed by atoms with van der Waals surface area (Å²) < 4.78 is 0. The molecule has 0 atom stereocenters. The van der Waals surface area contributed by atoms with E-state index in [-0.39, 0.29) is 11.7 Å². The first-order valence-corrected chi connectivity index (χ1v) is 7.84. The van der Waals surface area contributed by atoms with Gasteiger partial charge in [0.2, 0.25) is 0 Å². The fourth-order valence-corrected chi connectivity index (χ4v) is 3.05. The Morgan fingerprint density at radius 3 is 2.90 bits per heavy atom. The third-order valence-electron chi connectivity index (χ3n) is 3.57. The smallest absolute Gasteiger partial charge is 0.269 e. The van der Waals surface area contributed by atoms with E-state index in [4.69, 9.17) is 5.73 Å². The number of hydrogen-bond acceptors (Lipinski definition) is 5. The van der Waals surface area contributed by atoms with Gasteiger partial charge >= 0.3 is 0 Å². The fraction of sp³-hybridized carbons (Fsp3) is 0.333. The number of nitrogens with one attached hydrogen (secondary N) is 2. The third-order valence-corrected chi connectivity index (χ3v) is 4.57. The second-order valence-electron chi connectivity index (χ2n) is 5.33. The van der Waals surface area contributed by atoms with Crippen LogP contribution in [-0.4, -0.2) is 16.9 Å². The van der Waals surface area contributed by atoms with Gasteiger partial charge < -0.3 is 16.4 Å². The molecule has 0 saturated heterocycles. The van der Waals surface area contributed by atoms with Crippen molar-refractivity contribution in [1.29, 1.82) is 0 Å². The molecule has 110 valence electrons. The van der Waals surface area contributed by atoms with Crippen molar-refractivity contribution in [3.05, 3.63) is 34.7 Å². The molecular weight excluding hydrogens is 284 g/mol. The Kier molecular flexibility index (Phi) is 3.79. The molecule has 1 aromatic heterocycles. The van der Waals surface area contributed by atoms with Crippen LogP contribution in [0.25, 0.3) is 0 Å². The van der Waals surface area contributed by atoms with Crippen LogP contribution < -0.4 is 16.4 Å². The summed E-state index contributed by atoms with van der Waals surface area (Å²) in [6.45, 7) is 1.98. The largest absolute Gasteiger partial charge is 0.382 e. The summed E-state index contributed by atoms with van der Waals surface area (Å²) in [7, 11) is 0. The van der Waals surface area contributed by atoms with Crippen LogP contribution in [0.5, 0.6) is 0 Å². The van der Waals surface area contributed by atoms with Crippen molar-refractivity contribution < 1.29 is 4.79 Å². The average Bonchev–Trinajstić information content (AvgIpc) is 2.75. The topological polar surface area (TPSA) is 80.0 Å². The van der Waals surface area contributed by atoms with E-state index >= 15 is 0 Å². The number of rotatable bonds is 4. The average molecular weight is 302 g/mol. The van der Waals surface area contributed by atoms with E-state index in [1.165, 1.54) is 17.8 Å². The molecule has 5 nitrogen and oxygen atoms in total. The molecule has 2 aromatic rings. The molecule has 0 aliphatic heterocycles. The molecule has 4 N–H and O–H groups in total. The number of anilines is 3. The van der Waals surface area contributed by atoms with E-state index in [1.807, 2.05) is 31.2 Å². The van der Waals surface area contributed by atoms with Crippen molar-refractivity contribution in [3.8, 4) is 0 Å². The lowest BCUT2D eigenvalue weighted by atomic mass is 9.93. The number of nitrogens with two attached hydrogens (primary N) is 1. The molecule has 1 aliphatic carbocycles. The molecule has 1 heterocycles. The summed E-state index contributed by atoms with van der Waals surface area (Å²) >= 11 is 1.31. The molecule has 1 aromatic carbocycles. The first-order valence-electron chi connectivity index (χ1n) is 7.02. The van der Waals surface area contributed by atoms with Gasteiger partial charge in [-0.25, -0.2) is 4.98 Å². The number of nitrogen functional groups attached to an aromatic ring is 1. The standard InChI is InChI=1S/C15H18N4OS/c1-9-4-2-7-11(8-9)17-14(20)12-13(16)19-15(21-12)18-10-5-3-6-10/h2,4,7-8,10H,3,5-6,16H2,1H3,(H,17,20)(H,18,19). The number of amides is 1. The zero-order valence-electron chi connectivity index (χ0n) is 11.8. The van der Waals surface area contributed by atoms with E-state index in [2.05, 4.69) is 15.6 Å². The number of benzene rings is 1. The van der Waals surface area contributed by atoms with Crippen LogP contribution in [0, 0.1) is 6.92 Å². The minimum absolute atomic E-state index is 0.211. The van der Waals surface area contributed by atoms with Crippen LogP contribution >= 0.6 is 11.3 Å². The van der Waals surface area contributed by atoms with Gasteiger partial charge in [0.05, 0.1) is 0 Å². The minimum atomic E-state index is -0.211. The maximum absolute atomic E-state index is 12.3. The lowest BCUT2D eigenvalue weighted by Gasteiger charge is -2.25. The molecule has 1 saturated carbocycles. The molecule has 0 spiro atoms. The van der Waals surface area contributed by atoms with Gasteiger partial charge in [-0.15, -0.1) is 0 Å². The summed E-state index contributed by atoms with van der Waals surface area (Å²) in [6, 6.07) is 8.14. The van der Waals surface area contributed by atoms with E-state index < -0.39 is 0 Å². The highest BCUT2D eigenvalue weighted by Gasteiger charge is 2.21. The SMILES string of the molecule is Cc1cccc(NC(=O)c2sc(NC3CCC3)nc2N)c1. The van der Waals surface area contributed by atoms with Crippen molar-refractivity contribution in [1.82, 2.24) is 4.98 Å². The summed E-state index contributed by atoms with van der Waals surface area (Å²) in [6.07, 6.45) is 3.56. The molecule has 0 unspecified atom stereocenters. The van der Waals surface area contributed by atoms with E-state index in [0.29, 0.717) is 10.9 Å². The van der Waals surface area contributed by atoms with Gasteiger partial charge in [-0.1, -0.05) is 23.5 Å². The number of thiazole rings is 1. The third kappa shape index (κ3) is 3.16. The van der Waals surface area contributed by atoms with Gasteiger partial charge in [-0.2, -0.15) is 0 Å². The monoisotopic (exact) mass is 302 g/mol. The molecule has 0 radical (unpaired) electrons. The molecule has 1 aliphatic rings. The van der Waals surface area contributed by atoms with Crippen molar-refractivity contribution in [2.45, 2.75) is 32.2 Å². The number of nitrogens with zero attached hydrogens (tertiary/aromatic N) is 1. The maximum Gasteiger partial charge on any atom is 0.269 e. The van der Waals surface area contributed by atoms with Crippen LogP contribution in [0.2, 0.25) is 0 Å². The van der Waals surface area contributed by atoms with E-state index in [1.54, 1.807) is 0 Å². The Labute approximate surface area is 127 Å². The Morgan fingerprint density at radius 2 is 2.24 bits per heavy atom. The van der Waals surface area contributed by atoms with Gasteiger partial charge in [-0.3, -0.25) is 4.79 Å². The molecule has 1 amide bonds. The Balaban J connectivity index is 1.71. The zero-order valence-corrected chi connectivity index (χ0v) is 12.7. The number of aromatic nitrogens is 1. The Bertz CT molecular complexity index is 663. The van der Waals surface area contributed by atoms with Crippen LogP contribution in [0.3, 0.4) is 0 Å². The second kappa shape index (κ2) is 5.73. The summed E-state index contributed by atoms with van der Waals surface area (Å²) in [4.78, 5) is 17.0. The lowest BCUT2D eigenvalue weighted by molar-refractivity contribution is 0.103. The van der Waals surface area contributed by atoms with Gasteiger partial charge in [0.25, 0.3) is 5.91 Å². The van der Waals surface area contributed by atoms with Gasteiger partial charge in [0.1, 0.15) is 10.7 Å². The van der Waals surface area contributed by atoms with E-state index in [0.717, 1.165) is 29.2 Å². The van der Waals surface area contributed by atoms with Crippen molar-refractivity contribution in [2.24, 2.45) is 0 Å². The molecule has 21 heavy (non-hydrogen) atoms. The van der Waals surface area contributed by atoms with Crippen LogP contribution in [-0.2, 0) is 0 Å². The lowest BCUT2D eigenvalue weighted by Crippen LogP contribution is -2.26. The Morgan fingerprint density at radius 1 is 1.43 bits per heavy atom. The normalized spacial score (nSPS) is 14.5. The van der Waals surface area contributed by atoms with Crippen LogP contribution in [0.4, 0.5) is 16.6 Å². The number of carbonyl (C=O) groups is 1. The number of carbonyl (C=O) groups excluding carboxylic acids is 1. The van der Waals surface area contributed by atoms with Crippen molar-refractivity contribution >= 4 is 33.9 Å². The minimum Gasteiger partial charge on any atom is -0.382 e. The maximum atomic E-state index is 12.3. The summed E-state index contributed by atoms with van der Waals surface area (Å²) in [5.74, 6) is 0.0734. The molecule has 3 rings (SSSR count). The first-order chi connectivity index (χ1) is 10.1. The number of hydrogen-bond donors (Lipinski definition) is 3. The van der Waals surface area contributed by atoms with Crippen molar-refractivity contribution in [2.75, 3.05) is 16.4 Å². The second-order valence-corrected chi connectivity index (χ2v) is 6.33. The highest BCUT2D eigenvalue weighted by atomic mass is 32.1. The van der Waals surface area contributed by atoms with Gasteiger partial charge in [0.15, 0.2) is 5.13 Å². The van der Waals surface area contributed by atoms with Crippen LogP contribution in [0.15, 0.2) is 24.3 Å². The summed E-state index contributed by atoms with van der Waals surface area (Å²) in [5.41, 5.74) is 7.72. The predicted octanol–water partition coefficient (Wildman–Crippen LogP) is 3.25. The molecular formula is C15H18N4OS. The number of aryl methyl sites for hydroxylation is 1. The van der Waals surface area contributed by atoms with Gasteiger partial charge in [-0.05, 0) is 43.9 Å². The quantitative estimate of drug-likeness (QED) is 0.810. The fourth-order valence-electron chi connectivity index (χ4n) is 2.19. The summed E-state index contributed by atoms with van der Waals surface area (Å²) in [5, 5.41) is 6.90. The highest BCUT2D eigenvalue weighted by molar-refractivity contribution is 7.18. The van der Waals surface area contributed by atoms with Crippen LogP contribution in [0.1, 0.15) is 34.5 Å². The van der Waals surface area contributed by atoms with E-state index in [9.17, 15) is 4.79 Å². The predicted molar refractivity (Wildman–Crippen MR) is 86.9 cm³/mol. The molecule has 6 heteroatoms. The van der Waals surface area contributed by atoms with Gasteiger partial charge in [0, 0.05) is 11.7 Å². The molecule has 1 fully saturated rings. The highest BCUT2D eigenvalue weighted by Crippen LogP contribution is 2.30. The Hall–Kier alpha value is -2.08. The van der Waals surface area contributed by atoms with Crippen molar-refractivity contribution in [3.63, 3.8) is 0 Å². The first kappa shape index (κ1) is 13.9. The zero-order chi connectivity index (χ0) is 14.8.